The van der Waals surface area contributed by atoms with E-state index in [0.29, 0.717) is 0 Å². The van der Waals surface area contributed by atoms with E-state index < -0.39 is 52.4 Å². The zero-order valence-electron chi connectivity index (χ0n) is 19.6. The van der Waals surface area contributed by atoms with Crippen molar-refractivity contribution in [3.8, 4) is 17.3 Å². The van der Waals surface area contributed by atoms with E-state index >= 15 is 0 Å². The van der Waals surface area contributed by atoms with Crippen LogP contribution in [0.5, 0.6) is 6.01 Å². The van der Waals surface area contributed by atoms with Crippen LogP contribution >= 0.6 is 0 Å². The highest BCUT2D eigenvalue weighted by Crippen LogP contribution is 2.30. The molecule has 1 saturated heterocycles. The molecule has 9 nitrogen and oxygen atoms in total. The number of nitrogens with one attached hydrogen (secondary N) is 1. The van der Waals surface area contributed by atoms with E-state index in [1.165, 1.54) is 13.2 Å². The van der Waals surface area contributed by atoms with Crippen LogP contribution in [0, 0.1) is 5.82 Å². The molecular formula is C23H20F5N5O4S. The van der Waals surface area contributed by atoms with E-state index in [-0.39, 0.29) is 40.8 Å². The zero-order chi connectivity index (χ0) is 27.7. The summed E-state index contributed by atoms with van der Waals surface area (Å²) in [6, 6.07) is 5.75. The number of amides is 1. The molecule has 1 N–H and O–H groups in total. The Morgan fingerprint density at radius 3 is 2.47 bits per heavy atom. The largest absolute Gasteiger partial charge is 0.467 e. The maximum absolute atomic E-state index is 14.2. The number of alkyl halides is 4. The average molecular weight is 558 g/mol. The molecule has 0 aliphatic carbocycles. The Morgan fingerprint density at radius 2 is 1.87 bits per heavy atom. The Morgan fingerprint density at radius 1 is 1.16 bits per heavy atom. The van der Waals surface area contributed by atoms with E-state index in [1.54, 1.807) is 0 Å². The normalized spacial score (nSPS) is 18.4. The molecule has 1 aliphatic rings. The van der Waals surface area contributed by atoms with Crippen molar-refractivity contribution < 1.29 is 39.9 Å². The van der Waals surface area contributed by atoms with Gasteiger partial charge in [-0.1, -0.05) is 0 Å². The lowest BCUT2D eigenvalue weighted by atomic mass is 10.1. The van der Waals surface area contributed by atoms with Crippen molar-refractivity contribution in [1.82, 2.24) is 24.6 Å². The zero-order valence-corrected chi connectivity index (χ0v) is 20.4. The second-order valence-electron chi connectivity index (χ2n) is 8.26. The molecule has 0 saturated carbocycles. The number of pyridine rings is 1. The second-order valence-corrected chi connectivity index (χ2v) is 10.1. The maximum atomic E-state index is 14.2. The van der Waals surface area contributed by atoms with Crippen molar-refractivity contribution >= 4 is 15.9 Å². The van der Waals surface area contributed by atoms with Crippen molar-refractivity contribution in [2.45, 2.75) is 36.3 Å². The molecule has 1 aliphatic heterocycles. The molecule has 2 atom stereocenters. The van der Waals surface area contributed by atoms with Gasteiger partial charge in [0.15, 0.2) is 0 Å². The minimum Gasteiger partial charge on any atom is -0.467 e. The Bertz CT molecular complexity index is 1420. The molecule has 1 amide bonds. The molecule has 0 spiro atoms. The Labute approximate surface area is 213 Å². The summed E-state index contributed by atoms with van der Waals surface area (Å²) in [5.41, 5.74) is -0.521. The van der Waals surface area contributed by atoms with E-state index in [0.717, 1.165) is 46.9 Å². The van der Waals surface area contributed by atoms with Crippen molar-refractivity contribution in [2.24, 2.45) is 0 Å². The first-order valence-corrected chi connectivity index (χ1v) is 12.5. The molecule has 1 fully saturated rings. The predicted molar refractivity (Wildman–Crippen MR) is 122 cm³/mol. The van der Waals surface area contributed by atoms with Crippen LogP contribution in [0.4, 0.5) is 22.0 Å². The molecule has 1 aromatic carbocycles. The fraction of sp³-hybridized carbons (Fsp3) is 0.304. The number of methoxy groups -OCH3 is 1. The summed E-state index contributed by atoms with van der Waals surface area (Å²) in [6.45, 7) is -0.805. The van der Waals surface area contributed by atoms with Gasteiger partial charge in [0.2, 0.25) is 15.9 Å². The first-order chi connectivity index (χ1) is 17.9. The summed E-state index contributed by atoms with van der Waals surface area (Å²) in [5, 5.41) is 2.50. The summed E-state index contributed by atoms with van der Waals surface area (Å²) in [7, 11) is -3.03. The number of sulfonamides is 1. The van der Waals surface area contributed by atoms with Crippen molar-refractivity contribution in [3.63, 3.8) is 0 Å². The van der Waals surface area contributed by atoms with Gasteiger partial charge in [0, 0.05) is 24.7 Å². The third-order valence-corrected chi connectivity index (χ3v) is 7.55. The van der Waals surface area contributed by atoms with Gasteiger partial charge in [0.05, 0.1) is 29.9 Å². The first kappa shape index (κ1) is 27.3. The summed E-state index contributed by atoms with van der Waals surface area (Å²) in [4.78, 5) is 24.2. The second kappa shape index (κ2) is 10.6. The van der Waals surface area contributed by atoms with Crippen LogP contribution in [0.15, 0.2) is 53.6 Å². The van der Waals surface area contributed by atoms with Crippen LogP contribution in [0.25, 0.3) is 11.3 Å². The van der Waals surface area contributed by atoms with Gasteiger partial charge < -0.3 is 10.1 Å². The number of carbonyl (C=O) groups is 1. The standard InChI is InChI=1S/C23H20F5N5O4S/c1-37-22-31-16(9-18(32-22)13-2-7-20(29-10-13)23(26,27)28)11-30-21(34)19-8-15(25)12-33(19)38(35,36)17-5-3-14(24)4-6-17/h2-7,9-10,15,19H,8,11-12H2,1H3,(H,30,34)/t15-,19+/m1/s1. The number of hydrogen-bond donors (Lipinski definition) is 1. The third-order valence-electron chi connectivity index (χ3n) is 5.66. The Balaban J connectivity index is 1.52. The van der Waals surface area contributed by atoms with Gasteiger partial charge in [-0.25, -0.2) is 17.2 Å². The molecule has 0 bridgehead atoms. The average Bonchev–Trinajstić information content (AvgIpc) is 3.29. The number of aromatic nitrogens is 3. The van der Waals surface area contributed by atoms with Crippen LogP contribution in [0.3, 0.4) is 0 Å². The molecule has 0 radical (unpaired) electrons. The third kappa shape index (κ3) is 5.88. The molecule has 2 aromatic heterocycles. The van der Waals surface area contributed by atoms with Crippen molar-refractivity contribution in [1.29, 1.82) is 0 Å². The molecule has 15 heteroatoms. The van der Waals surface area contributed by atoms with Crippen LogP contribution in [-0.4, -0.2) is 59.5 Å². The predicted octanol–water partition coefficient (Wildman–Crippen LogP) is 3.12. The summed E-state index contributed by atoms with van der Waals surface area (Å²) >= 11 is 0. The van der Waals surface area contributed by atoms with E-state index in [2.05, 4.69) is 20.3 Å². The van der Waals surface area contributed by atoms with Gasteiger partial charge in [-0.15, -0.1) is 0 Å². The smallest absolute Gasteiger partial charge is 0.433 e. The van der Waals surface area contributed by atoms with E-state index in [1.807, 2.05) is 0 Å². The topological polar surface area (TPSA) is 114 Å². The van der Waals surface area contributed by atoms with Gasteiger partial charge in [0.1, 0.15) is 23.7 Å². The van der Waals surface area contributed by atoms with E-state index in [4.69, 9.17) is 4.74 Å². The Kier molecular flexibility index (Phi) is 7.60. The highest BCUT2D eigenvalue weighted by molar-refractivity contribution is 7.89. The molecule has 4 rings (SSSR count). The summed E-state index contributed by atoms with van der Waals surface area (Å²) in [5.74, 6) is -1.46. The van der Waals surface area contributed by atoms with Crippen LogP contribution in [-0.2, 0) is 27.5 Å². The monoisotopic (exact) mass is 557 g/mol. The van der Waals surface area contributed by atoms with Gasteiger partial charge in [0.25, 0.3) is 0 Å². The van der Waals surface area contributed by atoms with Crippen molar-refractivity contribution in [2.75, 3.05) is 13.7 Å². The molecule has 0 unspecified atom stereocenters. The highest BCUT2D eigenvalue weighted by Gasteiger charge is 2.44. The molecule has 3 aromatic rings. The minimum absolute atomic E-state index is 0.142. The number of nitrogens with zero attached hydrogens (tertiary/aromatic N) is 4. The molecule has 3 heterocycles. The lowest BCUT2D eigenvalue weighted by molar-refractivity contribution is -0.141. The van der Waals surface area contributed by atoms with Gasteiger partial charge in [-0.2, -0.15) is 27.4 Å². The minimum atomic E-state index is -4.62. The number of hydrogen-bond acceptors (Lipinski definition) is 7. The van der Waals surface area contributed by atoms with Gasteiger partial charge in [-0.3, -0.25) is 9.78 Å². The summed E-state index contributed by atoms with van der Waals surface area (Å²) < 4.78 is 97.7. The van der Waals surface area contributed by atoms with Gasteiger partial charge in [-0.05, 0) is 42.5 Å². The van der Waals surface area contributed by atoms with Gasteiger partial charge >= 0.3 is 12.2 Å². The lowest BCUT2D eigenvalue weighted by Gasteiger charge is -2.23. The maximum Gasteiger partial charge on any atom is 0.433 e. The number of carbonyl (C=O) groups excluding carboxylic acids is 1. The number of halogens is 5. The first-order valence-electron chi connectivity index (χ1n) is 11.0. The number of benzene rings is 1. The van der Waals surface area contributed by atoms with Crippen LogP contribution < -0.4 is 10.1 Å². The fourth-order valence-electron chi connectivity index (χ4n) is 3.81. The number of ether oxygens (including phenoxy) is 1. The summed E-state index contributed by atoms with van der Waals surface area (Å²) in [6.07, 6.45) is -5.62. The molecule has 38 heavy (non-hydrogen) atoms. The Hall–Kier alpha value is -3.72. The fourth-order valence-corrected chi connectivity index (χ4v) is 5.44. The van der Waals surface area contributed by atoms with E-state index in [9.17, 15) is 35.2 Å². The number of rotatable bonds is 7. The highest BCUT2D eigenvalue weighted by atomic mass is 32.2. The molecular weight excluding hydrogens is 537 g/mol. The van der Waals surface area contributed by atoms with Crippen LogP contribution in [0.2, 0.25) is 0 Å². The molecule has 202 valence electrons. The lowest BCUT2D eigenvalue weighted by Crippen LogP contribution is -2.45. The van der Waals surface area contributed by atoms with Crippen molar-refractivity contribution in [3.05, 3.63) is 65.9 Å². The van der Waals surface area contributed by atoms with Crippen LogP contribution in [0.1, 0.15) is 17.8 Å². The quantitative estimate of drug-likeness (QED) is 0.444. The SMILES string of the molecule is COc1nc(CNC(=O)[C@@H]2C[C@@H](F)CN2S(=O)(=O)c2ccc(F)cc2)cc(-c2ccc(C(F)(F)F)nc2)n1.